The summed E-state index contributed by atoms with van der Waals surface area (Å²) in [7, 11) is 0. The largest absolute Gasteiger partial charge is 0.478 e. The van der Waals surface area contributed by atoms with Crippen LogP contribution in [0.25, 0.3) is 0 Å². The lowest BCUT2D eigenvalue weighted by Crippen LogP contribution is -2.13. The highest BCUT2D eigenvalue weighted by Gasteiger charge is 2.10. The molecule has 3 N–H and O–H groups in total. The monoisotopic (exact) mass is 227 g/mol. The summed E-state index contributed by atoms with van der Waals surface area (Å²) < 4.78 is 0. The zero-order valence-electron chi connectivity index (χ0n) is 7.93. The maximum Gasteiger partial charge on any atom is 0.339 e. The zero-order valence-corrected chi connectivity index (χ0v) is 8.74. The Morgan fingerprint density at radius 3 is 2.73 bits per heavy atom. The number of carbonyl (C=O) groups is 2. The Hall–Kier alpha value is -1.63. The van der Waals surface area contributed by atoms with Crippen molar-refractivity contribution in [1.29, 1.82) is 0 Å². The molecule has 0 fully saturated rings. The van der Waals surface area contributed by atoms with E-state index in [1.807, 2.05) is 0 Å². The number of hydrogen-bond acceptors (Lipinski definition) is 5. The first-order valence-electron chi connectivity index (χ1n) is 3.98. The van der Waals surface area contributed by atoms with E-state index in [0.717, 1.165) is 11.8 Å². The van der Waals surface area contributed by atoms with E-state index in [0.29, 0.717) is 10.9 Å². The van der Waals surface area contributed by atoms with Crippen LogP contribution in [0, 0.1) is 6.92 Å². The van der Waals surface area contributed by atoms with Gasteiger partial charge in [0.25, 0.3) is 0 Å². The van der Waals surface area contributed by atoms with Gasteiger partial charge in [0, 0.05) is 6.20 Å². The number of aryl methyl sites for hydroxylation is 1. The van der Waals surface area contributed by atoms with E-state index in [-0.39, 0.29) is 11.3 Å². The van der Waals surface area contributed by atoms with Crippen molar-refractivity contribution >= 4 is 23.6 Å². The third-order valence-electron chi connectivity index (χ3n) is 1.53. The number of aromatic nitrogens is 2. The number of carboxylic acids is 1. The van der Waals surface area contributed by atoms with Gasteiger partial charge < -0.3 is 10.8 Å². The summed E-state index contributed by atoms with van der Waals surface area (Å²) in [6.07, 6.45) is 1.22. The molecule has 15 heavy (non-hydrogen) atoms. The lowest BCUT2D eigenvalue weighted by molar-refractivity contribution is -0.115. The first kappa shape index (κ1) is 11.4. The maximum atomic E-state index is 10.6. The lowest BCUT2D eigenvalue weighted by Gasteiger charge is -2.01. The topological polar surface area (TPSA) is 106 Å². The van der Waals surface area contributed by atoms with Gasteiger partial charge in [-0.2, -0.15) is 0 Å². The molecule has 7 heteroatoms. The van der Waals surface area contributed by atoms with Gasteiger partial charge >= 0.3 is 5.97 Å². The van der Waals surface area contributed by atoms with Crippen molar-refractivity contribution in [1.82, 2.24) is 9.97 Å². The Morgan fingerprint density at radius 1 is 1.60 bits per heavy atom. The van der Waals surface area contributed by atoms with Crippen LogP contribution in [0.4, 0.5) is 0 Å². The molecule has 0 aliphatic carbocycles. The second-order valence-electron chi connectivity index (χ2n) is 2.71. The summed E-state index contributed by atoms with van der Waals surface area (Å²) in [4.78, 5) is 28.8. The quantitative estimate of drug-likeness (QED) is 0.556. The SMILES string of the molecule is Cc1nc(SCC(N)=O)ncc1C(=O)O. The number of hydrogen-bond donors (Lipinski definition) is 2. The molecule has 0 aliphatic rings. The summed E-state index contributed by atoms with van der Waals surface area (Å²) in [5.41, 5.74) is 5.37. The second kappa shape index (κ2) is 4.74. The van der Waals surface area contributed by atoms with E-state index in [4.69, 9.17) is 10.8 Å². The number of amides is 1. The Labute approximate surface area is 89.9 Å². The van der Waals surface area contributed by atoms with Crippen molar-refractivity contribution in [2.24, 2.45) is 5.73 Å². The predicted molar refractivity (Wildman–Crippen MR) is 53.6 cm³/mol. The zero-order chi connectivity index (χ0) is 11.4. The van der Waals surface area contributed by atoms with Gasteiger partial charge in [-0.1, -0.05) is 11.8 Å². The first-order chi connectivity index (χ1) is 7.00. The summed E-state index contributed by atoms with van der Waals surface area (Å²) in [5.74, 6) is -1.46. The molecular weight excluding hydrogens is 218 g/mol. The third kappa shape index (κ3) is 3.21. The maximum absolute atomic E-state index is 10.6. The van der Waals surface area contributed by atoms with Crippen LogP contribution >= 0.6 is 11.8 Å². The van der Waals surface area contributed by atoms with Crippen LogP contribution in [0.1, 0.15) is 16.1 Å². The average Bonchev–Trinajstić information content (AvgIpc) is 2.14. The van der Waals surface area contributed by atoms with Crippen LogP contribution in [-0.4, -0.2) is 32.7 Å². The number of nitrogens with two attached hydrogens (primary N) is 1. The van der Waals surface area contributed by atoms with Crippen molar-refractivity contribution in [3.8, 4) is 0 Å². The van der Waals surface area contributed by atoms with Crippen molar-refractivity contribution in [3.05, 3.63) is 17.5 Å². The predicted octanol–water partition coefficient (Wildman–Crippen LogP) is 0.0606. The van der Waals surface area contributed by atoms with Crippen LogP contribution in [0.5, 0.6) is 0 Å². The fraction of sp³-hybridized carbons (Fsp3) is 0.250. The Morgan fingerprint density at radius 2 is 2.27 bits per heavy atom. The second-order valence-corrected chi connectivity index (χ2v) is 3.65. The fourth-order valence-electron chi connectivity index (χ4n) is 0.861. The molecule has 1 aromatic heterocycles. The van der Waals surface area contributed by atoms with E-state index in [2.05, 4.69) is 9.97 Å². The molecule has 0 atom stereocenters. The van der Waals surface area contributed by atoms with Gasteiger partial charge in [-0.3, -0.25) is 4.79 Å². The van der Waals surface area contributed by atoms with Gasteiger partial charge in [-0.25, -0.2) is 14.8 Å². The van der Waals surface area contributed by atoms with E-state index in [1.54, 1.807) is 6.92 Å². The minimum atomic E-state index is -1.07. The Balaban J connectivity index is 2.82. The van der Waals surface area contributed by atoms with Crippen molar-refractivity contribution < 1.29 is 14.7 Å². The molecule has 1 aromatic rings. The average molecular weight is 227 g/mol. The molecule has 0 radical (unpaired) electrons. The van der Waals surface area contributed by atoms with E-state index in [1.165, 1.54) is 6.20 Å². The van der Waals surface area contributed by atoms with Gasteiger partial charge in [-0.05, 0) is 6.92 Å². The lowest BCUT2D eigenvalue weighted by atomic mass is 10.2. The summed E-state index contributed by atoms with van der Waals surface area (Å²) in [6.45, 7) is 1.57. The molecule has 6 nitrogen and oxygen atoms in total. The summed E-state index contributed by atoms with van der Waals surface area (Å²) >= 11 is 1.07. The van der Waals surface area contributed by atoms with Gasteiger partial charge in [-0.15, -0.1) is 0 Å². The summed E-state index contributed by atoms with van der Waals surface area (Å²) in [6, 6.07) is 0. The Kier molecular flexibility index (Phi) is 3.62. The molecule has 0 saturated carbocycles. The molecule has 1 amide bonds. The molecule has 0 spiro atoms. The van der Waals surface area contributed by atoms with Crippen LogP contribution in [0.3, 0.4) is 0 Å². The van der Waals surface area contributed by atoms with E-state index in [9.17, 15) is 9.59 Å². The number of carboxylic acid groups (broad SMARTS) is 1. The molecule has 0 aromatic carbocycles. The molecule has 0 unspecified atom stereocenters. The number of rotatable bonds is 4. The highest BCUT2D eigenvalue weighted by Crippen LogP contribution is 2.13. The third-order valence-corrected chi connectivity index (χ3v) is 2.41. The minimum Gasteiger partial charge on any atom is -0.478 e. The molecule has 1 rings (SSSR count). The normalized spacial score (nSPS) is 9.93. The van der Waals surface area contributed by atoms with Gasteiger partial charge in [0.05, 0.1) is 17.0 Å². The first-order valence-corrected chi connectivity index (χ1v) is 4.97. The molecule has 0 bridgehead atoms. The highest BCUT2D eigenvalue weighted by molar-refractivity contribution is 7.99. The number of thioether (sulfide) groups is 1. The van der Waals surface area contributed by atoms with E-state index < -0.39 is 11.9 Å². The van der Waals surface area contributed by atoms with E-state index >= 15 is 0 Å². The van der Waals surface area contributed by atoms with Crippen LogP contribution < -0.4 is 5.73 Å². The van der Waals surface area contributed by atoms with Crippen LogP contribution in [-0.2, 0) is 4.79 Å². The van der Waals surface area contributed by atoms with Crippen LogP contribution in [0.2, 0.25) is 0 Å². The Bertz CT molecular complexity index is 408. The summed E-state index contributed by atoms with van der Waals surface area (Å²) in [5, 5.41) is 9.06. The van der Waals surface area contributed by atoms with Gasteiger partial charge in [0.15, 0.2) is 5.16 Å². The fourth-order valence-corrected chi connectivity index (χ4v) is 1.46. The smallest absolute Gasteiger partial charge is 0.339 e. The highest BCUT2D eigenvalue weighted by atomic mass is 32.2. The molecule has 0 aliphatic heterocycles. The van der Waals surface area contributed by atoms with Gasteiger partial charge in [0.1, 0.15) is 0 Å². The molecule has 80 valence electrons. The number of nitrogens with zero attached hydrogens (tertiary/aromatic N) is 2. The number of primary amides is 1. The minimum absolute atomic E-state index is 0.0541. The van der Waals surface area contributed by atoms with Gasteiger partial charge in [0.2, 0.25) is 5.91 Å². The van der Waals surface area contributed by atoms with Crippen molar-refractivity contribution in [3.63, 3.8) is 0 Å². The molecule has 1 heterocycles. The number of carbonyl (C=O) groups excluding carboxylic acids is 1. The molecular formula is C8H9N3O3S. The molecule has 0 saturated heterocycles. The van der Waals surface area contributed by atoms with Crippen LogP contribution in [0.15, 0.2) is 11.4 Å². The van der Waals surface area contributed by atoms with Crippen molar-refractivity contribution in [2.45, 2.75) is 12.1 Å². The van der Waals surface area contributed by atoms with Crippen molar-refractivity contribution in [2.75, 3.05) is 5.75 Å². The number of aromatic carboxylic acids is 1. The standard InChI is InChI=1S/C8H9N3O3S/c1-4-5(7(13)14)2-10-8(11-4)15-3-6(9)12/h2H,3H2,1H3,(H2,9,12)(H,13,14).